The molecule has 0 aromatic carbocycles. The van der Waals surface area contributed by atoms with Gasteiger partial charge < -0.3 is 9.84 Å². The molecule has 1 saturated heterocycles. The Hall–Kier alpha value is -0.0800. The van der Waals surface area contributed by atoms with E-state index < -0.39 is 0 Å². The normalized spacial score (nSPS) is 52.2. The molecular formula is C8H14O2. The van der Waals surface area contributed by atoms with Gasteiger partial charge in [-0.3, -0.25) is 0 Å². The van der Waals surface area contributed by atoms with E-state index >= 15 is 0 Å². The van der Waals surface area contributed by atoms with E-state index in [1.54, 1.807) is 0 Å². The minimum Gasteiger partial charge on any atom is -0.396 e. The van der Waals surface area contributed by atoms with Crippen molar-refractivity contribution >= 4 is 0 Å². The van der Waals surface area contributed by atoms with Gasteiger partial charge in [0, 0.05) is 6.61 Å². The second-order valence-electron chi connectivity index (χ2n) is 3.54. The lowest BCUT2D eigenvalue weighted by molar-refractivity contribution is -0.0197. The molecule has 4 unspecified atom stereocenters. The average molecular weight is 142 g/mol. The van der Waals surface area contributed by atoms with Crippen LogP contribution in [0.25, 0.3) is 0 Å². The number of aliphatic hydroxyl groups excluding tert-OH is 1. The molecule has 0 aromatic rings. The summed E-state index contributed by atoms with van der Waals surface area (Å²) in [6, 6.07) is 0. The number of rotatable bonds is 1. The van der Waals surface area contributed by atoms with Crippen LogP contribution in [-0.4, -0.2) is 23.9 Å². The molecule has 0 aromatic heterocycles. The third-order valence-electron chi connectivity index (χ3n) is 2.95. The summed E-state index contributed by atoms with van der Waals surface area (Å²) < 4.78 is 5.58. The number of hydrogen-bond donors (Lipinski definition) is 1. The lowest BCUT2D eigenvalue weighted by Crippen LogP contribution is -2.27. The van der Waals surface area contributed by atoms with Crippen LogP contribution in [0.1, 0.15) is 19.8 Å². The fourth-order valence-corrected chi connectivity index (χ4v) is 2.41. The van der Waals surface area contributed by atoms with Gasteiger partial charge in [-0.2, -0.15) is 0 Å². The van der Waals surface area contributed by atoms with Gasteiger partial charge in [0.1, 0.15) is 0 Å². The molecule has 2 nitrogen and oxygen atoms in total. The molecule has 1 aliphatic carbocycles. The van der Waals surface area contributed by atoms with Crippen molar-refractivity contribution in [3.8, 4) is 0 Å². The first-order valence-corrected chi connectivity index (χ1v) is 4.07. The van der Waals surface area contributed by atoms with E-state index in [1.165, 1.54) is 6.42 Å². The highest BCUT2D eigenvalue weighted by Crippen LogP contribution is 2.43. The highest BCUT2D eigenvalue weighted by atomic mass is 16.5. The molecule has 4 atom stereocenters. The molecule has 58 valence electrons. The molecule has 1 saturated carbocycles. The zero-order chi connectivity index (χ0) is 7.14. The van der Waals surface area contributed by atoms with E-state index in [4.69, 9.17) is 9.84 Å². The van der Waals surface area contributed by atoms with Crippen LogP contribution in [0.3, 0.4) is 0 Å². The largest absolute Gasteiger partial charge is 0.396 e. The van der Waals surface area contributed by atoms with Crippen LogP contribution in [-0.2, 0) is 4.74 Å². The molecule has 10 heavy (non-hydrogen) atoms. The molecule has 0 amide bonds. The lowest BCUT2D eigenvalue weighted by Gasteiger charge is -2.25. The zero-order valence-electron chi connectivity index (χ0n) is 6.29. The van der Waals surface area contributed by atoms with Crippen molar-refractivity contribution in [3.63, 3.8) is 0 Å². The Labute approximate surface area is 61.2 Å². The zero-order valence-corrected chi connectivity index (χ0v) is 6.29. The Morgan fingerprint density at radius 1 is 1.50 bits per heavy atom. The van der Waals surface area contributed by atoms with E-state index in [1.807, 2.05) is 0 Å². The summed E-state index contributed by atoms with van der Waals surface area (Å²) in [6.45, 7) is 2.47. The molecule has 1 heterocycles. The summed E-state index contributed by atoms with van der Waals surface area (Å²) in [4.78, 5) is 0. The first kappa shape index (κ1) is 6.62. The predicted molar refractivity (Wildman–Crippen MR) is 37.6 cm³/mol. The van der Waals surface area contributed by atoms with Crippen LogP contribution < -0.4 is 0 Å². The van der Waals surface area contributed by atoms with Gasteiger partial charge in [0.05, 0.1) is 12.2 Å². The second-order valence-corrected chi connectivity index (χ2v) is 3.54. The Bertz CT molecular complexity index is 133. The van der Waals surface area contributed by atoms with Crippen molar-refractivity contribution < 1.29 is 9.84 Å². The van der Waals surface area contributed by atoms with Crippen molar-refractivity contribution in [2.45, 2.75) is 32.0 Å². The van der Waals surface area contributed by atoms with Gasteiger partial charge in [0.25, 0.3) is 0 Å². The molecule has 2 aliphatic rings. The van der Waals surface area contributed by atoms with Gasteiger partial charge in [-0.25, -0.2) is 0 Å². The third-order valence-corrected chi connectivity index (χ3v) is 2.95. The van der Waals surface area contributed by atoms with E-state index in [-0.39, 0.29) is 0 Å². The SMILES string of the molecule is CC1OC2CC(CO)C1C2. The van der Waals surface area contributed by atoms with E-state index in [9.17, 15) is 0 Å². The summed E-state index contributed by atoms with van der Waals surface area (Å²) in [6.07, 6.45) is 3.14. The van der Waals surface area contributed by atoms with Crippen LogP contribution in [0.15, 0.2) is 0 Å². The summed E-state index contributed by atoms with van der Waals surface area (Å²) in [7, 11) is 0. The molecule has 2 fully saturated rings. The van der Waals surface area contributed by atoms with Crippen LogP contribution in [0.4, 0.5) is 0 Å². The summed E-state index contributed by atoms with van der Waals surface area (Å²) in [5.74, 6) is 1.18. The maximum atomic E-state index is 8.95. The Balaban J connectivity index is 2.06. The van der Waals surface area contributed by atoms with E-state index in [0.29, 0.717) is 30.7 Å². The Kier molecular flexibility index (Phi) is 1.46. The Morgan fingerprint density at radius 3 is 2.70 bits per heavy atom. The minimum absolute atomic E-state index is 0.356. The quantitative estimate of drug-likeness (QED) is 0.586. The Morgan fingerprint density at radius 2 is 2.30 bits per heavy atom. The first-order chi connectivity index (χ1) is 4.81. The smallest absolute Gasteiger partial charge is 0.0586 e. The van der Waals surface area contributed by atoms with Gasteiger partial charge >= 0.3 is 0 Å². The molecule has 2 rings (SSSR count). The van der Waals surface area contributed by atoms with Crippen molar-refractivity contribution in [2.24, 2.45) is 11.8 Å². The van der Waals surface area contributed by atoms with Crippen LogP contribution in [0, 0.1) is 11.8 Å². The first-order valence-electron chi connectivity index (χ1n) is 4.07. The molecule has 1 N–H and O–H groups in total. The fraction of sp³-hybridized carbons (Fsp3) is 1.00. The second kappa shape index (κ2) is 2.21. The topological polar surface area (TPSA) is 29.5 Å². The molecule has 1 aliphatic heterocycles. The summed E-state index contributed by atoms with van der Waals surface area (Å²) in [5, 5.41) is 8.95. The maximum absolute atomic E-state index is 8.95. The van der Waals surface area contributed by atoms with Crippen molar-refractivity contribution in [1.82, 2.24) is 0 Å². The standard InChI is InChI=1S/C8H14O2/c1-5-8-3-7(10-5)2-6(8)4-9/h5-9H,2-4H2,1H3. The highest BCUT2D eigenvalue weighted by molar-refractivity contribution is 4.92. The third kappa shape index (κ3) is 0.789. The number of hydrogen-bond acceptors (Lipinski definition) is 2. The van der Waals surface area contributed by atoms with Crippen LogP contribution >= 0.6 is 0 Å². The van der Waals surface area contributed by atoms with Gasteiger partial charge in [-0.15, -0.1) is 0 Å². The van der Waals surface area contributed by atoms with Gasteiger partial charge in [0.15, 0.2) is 0 Å². The van der Waals surface area contributed by atoms with Crippen LogP contribution in [0.2, 0.25) is 0 Å². The van der Waals surface area contributed by atoms with Crippen molar-refractivity contribution in [3.05, 3.63) is 0 Å². The molecule has 2 bridgehead atoms. The average Bonchev–Trinajstić information content (AvgIpc) is 2.44. The molecule has 2 heteroatoms. The van der Waals surface area contributed by atoms with Crippen LogP contribution in [0.5, 0.6) is 0 Å². The number of ether oxygens (including phenoxy) is 1. The summed E-state index contributed by atoms with van der Waals surface area (Å²) >= 11 is 0. The van der Waals surface area contributed by atoms with Gasteiger partial charge in [-0.05, 0) is 31.6 Å². The van der Waals surface area contributed by atoms with E-state index in [0.717, 1.165) is 6.42 Å². The number of fused-ring (bicyclic) bond motifs is 2. The minimum atomic E-state index is 0.356. The lowest BCUT2D eigenvalue weighted by atomic mass is 9.92. The van der Waals surface area contributed by atoms with Gasteiger partial charge in [-0.1, -0.05) is 0 Å². The summed E-state index contributed by atoms with van der Waals surface area (Å²) in [5.41, 5.74) is 0. The van der Waals surface area contributed by atoms with Crippen molar-refractivity contribution in [2.75, 3.05) is 6.61 Å². The molecule has 0 spiro atoms. The monoisotopic (exact) mass is 142 g/mol. The van der Waals surface area contributed by atoms with E-state index in [2.05, 4.69) is 6.92 Å². The maximum Gasteiger partial charge on any atom is 0.0586 e. The van der Waals surface area contributed by atoms with Crippen molar-refractivity contribution in [1.29, 1.82) is 0 Å². The van der Waals surface area contributed by atoms with Gasteiger partial charge in [0.2, 0.25) is 0 Å². The fourth-order valence-electron chi connectivity index (χ4n) is 2.41. The predicted octanol–water partition coefficient (Wildman–Crippen LogP) is 0.792. The molecule has 0 radical (unpaired) electrons. The number of aliphatic hydroxyl groups is 1. The highest BCUT2D eigenvalue weighted by Gasteiger charge is 2.44. The molecular weight excluding hydrogens is 128 g/mol.